The summed E-state index contributed by atoms with van der Waals surface area (Å²) in [5.74, 6) is 0.139. The Morgan fingerprint density at radius 2 is 1.74 bits per heavy atom. The third-order valence-corrected chi connectivity index (χ3v) is 7.99. The van der Waals surface area contributed by atoms with Gasteiger partial charge in [-0.1, -0.05) is 6.92 Å². The lowest BCUT2D eigenvalue weighted by Crippen LogP contribution is -2.44. The maximum Gasteiger partial charge on any atom is 0.243 e. The fraction of sp³-hybridized carbons (Fsp3) is 0.600. The van der Waals surface area contributed by atoms with E-state index >= 15 is 0 Å². The van der Waals surface area contributed by atoms with Gasteiger partial charge in [0.1, 0.15) is 0 Å². The maximum absolute atomic E-state index is 12.7. The molecule has 1 fully saturated rings. The molecule has 23 heavy (non-hydrogen) atoms. The Labute approximate surface area is 138 Å². The highest BCUT2D eigenvalue weighted by Crippen LogP contribution is 2.25. The van der Waals surface area contributed by atoms with Crippen molar-refractivity contribution in [2.45, 2.75) is 42.5 Å². The first kappa shape index (κ1) is 18.4. The average Bonchev–Trinajstić information content (AvgIpc) is 2.55. The van der Waals surface area contributed by atoms with Crippen molar-refractivity contribution in [1.82, 2.24) is 4.31 Å². The molecule has 2 atom stereocenters. The van der Waals surface area contributed by atoms with Gasteiger partial charge in [0.2, 0.25) is 10.0 Å². The van der Waals surface area contributed by atoms with Crippen LogP contribution in [0.2, 0.25) is 0 Å². The molecule has 1 aromatic carbocycles. The van der Waals surface area contributed by atoms with Crippen molar-refractivity contribution in [2.75, 3.05) is 18.8 Å². The Balaban J connectivity index is 2.26. The lowest BCUT2D eigenvalue weighted by molar-refractivity contribution is 0.243. The first-order chi connectivity index (χ1) is 10.7. The standard InChI is InChI=1S/C15H24N2O4S2/c1-3-22(18,19)14-6-8-15(9-7-14)23(20,21)17-10-4-5-13(11-17)12(2)16/h6-9,12-13H,3-5,10-11,16H2,1-2H3/t12-,13+/m0/s1. The SMILES string of the molecule is CCS(=O)(=O)c1ccc(S(=O)(=O)N2CCC[C@@H]([C@H](C)N)C2)cc1. The van der Waals surface area contributed by atoms with Gasteiger partial charge in [-0.05, 0) is 49.9 Å². The summed E-state index contributed by atoms with van der Waals surface area (Å²) in [6, 6.07) is 5.41. The number of nitrogens with zero attached hydrogens (tertiary/aromatic N) is 1. The van der Waals surface area contributed by atoms with E-state index in [1.54, 1.807) is 6.92 Å². The van der Waals surface area contributed by atoms with E-state index in [-0.39, 0.29) is 27.5 Å². The van der Waals surface area contributed by atoms with Crippen LogP contribution in [0, 0.1) is 5.92 Å². The summed E-state index contributed by atoms with van der Waals surface area (Å²) in [4.78, 5) is 0.268. The van der Waals surface area contributed by atoms with E-state index in [4.69, 9.17) is 5.73 Å². The molecule has 1 heterocycles. The van der Waals surface area contributed by atoms with Crippen LogP contribution in [0.25, 0.3) is 0 Å². The molecule has 6 nitrogen and oxygen atoms in total. The number of nitrogens with two attached hydrogens (primary N) is 1. The Morgan fingerprint density at radius 1 is 1.17 bits per heavy atom. The number of rotatable bonds is 5. The largest absolute Gasteiger partial charge is 0.328 e. The Bertz CT molecular complexity index is 740. The summed E-state index contributed by atoms with van der Waals surface area (Å²) < 4.78 is 50.5. The summed E-state index contributed by atoms with van der Waals surface area (Å²) in [5.41, 5.74) is 5.91. The van der Waals surface area contributed by atoms with Crippen LogP contribution < -0.4 is 5.73 Å². The van der Waals surface area contributed by atoms with Crippen LogP contribution in [-0.2, 0) is 19.9 Å². The molecule has 0 bridgehead atoms. The third-order valence-electron chi connectivity index (χ3n) is 4.36. The van der Waals surface area contributed by atoms with Crippen LogP contribution in [0.15, 0.2) is 34.1 Å². The van der Waals surface area contributed by atoms with Gasteiger partial charge in [0.05, 0.1) is 15.5 Å². The fourth-order valence-electron chi connectivity index (χ4n) is 2.76. The fourth-order valence-corrected chi connectivity index (χ4v) is 5.18. The first-order valence-electron chi connectivity index (χ1n) is 7.77. The van der Waals surface area contributed by atoms with Gasteiger partial charge in [-0.25, -0.2) is 16.8 Å². The minimum absolute atomic E-state index is 0.0126. The van der Waals surface area contributed by atoms with Gasteiger partial charge in [0, 0.05) is 19.1 Å². The van der Waals surface area contributed by atoms with Crippen molar-refractivity contribution in [3.63, 3.8) is 0 Å². The van der Waals surface area contributed by atoms with Gasteiger partial charge in [-0.2, -0.15) is 4.31 Å². The summed E-state index contributed by atoms with van der Waals surface area (Å²) >= 11 is 0. The third kappa shape index (κ3) is 3.93. The molecule has 0 aromatic heterocycles. The van der Waals surface area contributed by atoms with Gasteiger partial charge < -0.3 is 5.73 Å². The summed E-state index contributed by atoms with van der Waals surface area (Å²) in [5, 5.41) is 0. The lowest BCUT2D eigenvalue weighted by Gasteiger charge is -2.33. The van der Waals surface area contributed by atoms with E-state index in [0.29, 0.717) is 13.1 Å². The molecule has 0 unspecified atom stereocenters. The average molecular weight is 361 g/mol. The molecule has 0 amide bonds. The normalized spacial score (nSPS) is 22.0. The number of benzene rings is 1. The van der Waals surface area contributed by atoms with Gasteiger partial charge in [0.15, 0.2) is 9.84 Å². The van der Waals surface area contributed by atoms with Crippen LogP contribution in [0.3, 0.4) is 0 Å². The topological polar surface area (TPSA) is 97.5 Å². The molecule has 1 aliphatic heterocycles. The zero-order valence-electron chi connectivity index (χ0n) is 13.5. The molecule has 2 N–H and O–H groups in total. The minimum Gasteiger partial charge on any atom is -0.328 e. The van der Waals surface area contributed by atoms with Crippen LogP contribution in [0.4, 0.5) is 0 Å². The molecule has 1 aromatic rings. The van der Waals surface area contributed by atoms with Gasteiger partial charge >= 0.3 is 0 Å². The second-order valence-electron chi connectivity index (χ2n) is 6.00. The monoisotopic (exact) mass is 360 g/mol. The van der Waals surface area contributed by atoms with E-state index in [1.807, 2.05) is 6.92 Å². The van der Waals surface area contributed by atoms with E-state index in [2.05, 4.69) is 0 Å². The van der Waals surface area contributed by atoms with Crippen LogP contribution >= 0.6 is 0 Å². The molecular formula is C15H24N2O4S2. The molecule has 0 saturated carbocycles. The van der Waals surface area contributed by atoms with Crippen LogP contribution in [0.5, 0.6) is 0 Å². The van der Waals surface area contributed by atoms with Crippen LogP contribution in [0.1, 0.15) is 26.7 Å². The predicted molar refractivity (Wildman–Crippen MR) is 89.3 cm³/mol. The van der Waals surface area contributed by atoms with Gasteiger partial charge in [-0.15, -0.1) is 0 Å². The van der Waals surface area contributed by atoms with Crippen molar-refractivity contribution in [3.8, 4) is 0 Å². The van der Waals surface area contributed by atoms with E-state index in [0.717, 1.165) is 12.8 Å². The number of sulfone groups is 1. The second-order valence-corrected chi connectivity index (χ2v) is 10.2. The molecule has 8 heteroatoms. The van der Waals surface area contributed by atoms with E-state index < -0.39 is 19.9 Å². The Kier molecular flexibility index (Phi) is 5.50. The number of sulfonamides is 1. The van der Waals surface area contributed by atoms with Crippen molar-refractivity contribution >= 4 is 19.9 Å². The van der Waals surface area contributed by atoms with Crippen molar-refractivity contribution in [2.24, 2.45) is 11.7 Å². The van der Waals surface area contributed by atoms with E-state index in [1.165, 1.54) is 28.6 Å². The van der Waals surface area contributed by atoms with E-state index in [9.17, 15) is 16.8 Å². The molecule has 0 radical (unpaired) electrons. The number of hydrogen-bond donors (Lipinski definition) is 1. The van der Waals surface area contributed by atoms with Crippen molar-refractivity contribution in [1.29, 1.82) is 0 Å². The highest BCUT2D eigenvalue weighted by molar-refractivity contribution is 7.91. The molecular weight excluding hydrogens is 336 g/mol. The molecule has 1 saturated heterocycles. The zero-order chi connectivity index (χ0) is 17.3. The summed E-state index contributed by atoms with van der Waals surface area (Å²) in [6.45, 7) is 4.34. The van der Waals surface area contributed by atoms with Crippen molar-refractivity contribution < 1.29 is 16.8 Å². The molecule has 0 aliphatic carbocycles. The summed E-state index contributed by atoms with van der Waals surface area (Å²) in [7, 11) is -6.94. The first-order valence-corrected chi connectivity index (χ1v) is 10.9. The molecule has 130 valence electrons. The lowest BCUT2D eigenvalue weighted by atomic mass is 9.93. The molecule has 1 aliphatic rings. The number of hydrogen-bond acceptors (Lipinski definition) is 5. The molecule has 2 rings (SSSR count). The van der Waals surface area contributed by atoms with Gasteiger partial charge in [0.25, 0.3) is 0 Å². The Morgan fingerprint density at radius 3 is 2.26 bits per heavy atom. The zero-order valence-corrected chi connectivity index (χ0v) is 15.1. The predicted octanol–water partition coefficient (Wildman–Crippen LogP) is 1.23. The van der Waals surface area contributed by atoms with Gasteiger partial charge in [-0.3, -0.25) is 0 Å². The summed E-state index contributed by atoms with van der Waals surface area (Å²) in [6.07, 6.45) is 1.71. The Hall–Kier alpha value is -0.960. The minimum atomic E-state index is -3.61. The second kappa shape index (κ2) is 6.88. The quantitative estimate of drug-likeness (QED) is 0.852. The number of piperidine rings is 1. The maximum atomic E-state index is 12.7. The smallest absolute Gasteiger partial charge is 0.243 e. The van der Waals surface area contributed by atoms with Crippen molar-refractivity contribution in [3.05, 3.63) is 24.3 Å². The highest BCUT2D eigenvalue weighted by Gasteiger charge is 2.31. The van der Waals surface area contributed by atoms with Crippen LogP contribution in [-0.4, -0.2) is 46.0 Å². The molecule has 0 spiro atoms. The highest BCUT2D eigenvalue weighted by atomic mass is 32.2.